The Morgan fingerprint density at radius 2 is 1.86 bits per heavy atom. The van der Waals surface area contributed by atoms with E-state index in [1.165, 1.54) is 0 Å². The van der Waals surface area contributed by atoms with Crippen molar-refractivity contribution in [3.63, 3.8) is 0 Å². The summed E-state index contributed by atoms with van der Waals surface area (Å²) >= 11 is 0. The summed E-state index contributed by atoms with van der Waals surface area (Å²) in [6, 6.07) is 0. The maximum atomic E-state index is 9.61. The van der Waals surface area contributed by atoms with Crippen molar-refractivity contribution in [3.8, 4) is 0 Å². The molecular weight excluding hydrogens is 178 g/mol. The molecule has 0 saturated carbocycles. The van der Waals surface area contributed by atoms with E-state index in [1.54, 1.807) is 0 Å². The van der Waals surface area contributed by atoms with Crippen LogP contribution in [0.4, 0.5) is 0 Å². The Morgan fingerprint density at radius 1 is 1.21 bits per heavy atom. The smallest absolute Gasteiger partial charge is 0.0900 e. The average molecular weight is 203 g/mol. The van der Waals surface area contributed by atoms with Gasteiger partial charge in [0.05, 0.1) is 12.7 Å². The molecule has 3 heteroatoms. The van der Waals surface area contributed by atoms with Gasteiger partial charge in [-0.2, -0.15) is 0 Å². The highest BCUT2D eigenvalue weighted by Crippen LogP contribution is 1.95. The third-order valence-electron chi connectivity index (χ3n) is 2.32. The zero-order valence-corrected chi connectivity index (χ0v) is 9.83. The molecule has 0 aliphatic rings. The number of ether oxygens (including phenoxy) is 1. The number of likely N-dealkylation sites (N-methyl/N-ethyl adjacent to an activating group) is 1. The van der Waals surface area contributed by atoms with Crippen molar-refractivity contribution in [2.45, 2.75) is 39.7 Å². The fourth-order valence-electron chi connectivity index (χ4n) is 1.30. The predicted molar refractivity (Wildman–Crippen MR) is 59.5 cm³/mol. The highest BCUT2D eigenvalue weighted by Gasteiger charge is 2.08. The second-order valence-corrected chi connectivity index (χ2v) is 3.57. The Labute approximate surface area is 88.1 Å². The van der Waals surface area contributed by atoms with Gasteiger partial charge < -0.3 is 14.7 Å². The van der Waals surface area contributed by atoms with Gasteiger partial charge in [-0.1, -0.05) is 27.2 Å². The van der Waals surface area contributed by atoms with Crippen LogP contribution in [0.5, 0.6) is 0 Å². The zero-order valence-electron chi connectivity index (χ0n) is 9.83. The van der Waals surface area contributed by atoms with Gasteiger partial charge in [0.1, 0.15) is 0 Å². The Bertz CT molecular complexity index is 116. The van der Waals surface area contributed by atoms with Crippen molar-refractivity contribution in [1.82, 2.24) is 4.90 Å². The fourth-order valence-corrected chi connectivity index (χ4v) is 1.30. The summed E-state index contributed by atoms with van der Waals surface area (Å²) < 4.78 is 5.35. The van der Waals surface area contributed by atoms with Crippen LogP contribution in [-0.2, 0) is 4.74 Å². The summed E-state index contributed by atoms with van der Waals surface area (Å²) in [7, 11) is 0. The third kappa shape index (κ3) is 7.30. The molecule has 0 rings (SSSR count). The number of hydrogen-bond acceptors (Lipinski definition) is 3. The molecule has 1 N–H and O–H groups in total. The molecule has 0 fully saturated rings. The second kappa shape index (κ2) is 9.44. The largest absolute Gasteiger partial charge is 0.389 e. The number of aliphatic hydroxyl groups is 1. The first-order valence-corrected chi connectivity index (χ1v) is 5.72. The molecule has 0 aliphatic carbocycles. The van der Waals surface area contributed by atoms with E-state index in [2.05, 4.69) is 25.7 Å². The van der Waals surface area contributed by atoms with Crippen molar-refractivity contribution >= 4 is 0 Å². The first kappa shape index (κ1) is 13.9. The molecule has 0 radical (unpaired) electrons. The molecule has 0 aromatic heterocycles. The molecule has 1 atom stereocenters. The molecule has 1 unspecified atom stereocenters. The summed E-state index contributed by atoms with van der Waals surface area (Å²) in [4.78, 5) is 2.20. The lowest BCUT2D eigenvalue weighted by atomic mass is 10.3. The molecular formula is C11H25NO2. The van der Waals surface area contributed by atoms with Crippen molar-refractivity contribution in [2.24, 2.45) is 0 Å². The Balaban J connectivity index is 3.38. The first-order chi connectivity index (χ1) is 6.74. The van der Waals surface area contributed by atoms with Gasteiger partial charge >= 0.3 is 0 Å². The number of aliphatic hydroxyl groups excluding tert-OH is 1. The van der Waals surface area contributed by atoms with Crippen LogP contribution in [0.25, 0.3) is 0 Å². The lowest BCUT2D eigenvalue weighted by Crippen LogP contribution is -2.34. The molecule has 3 nitrogen and oxygen atoms in total. The van der Waals surface area contributed by atoms with Crippen molar-refractivity contribution in [2.75, 3.05) is 32.8 Å². The summed E-state index contributed by atoms with van der Waals surface area (Å²) in [5, 5.41) is 9.61. The second-order valence-electron chi connectivity index (χ2n) is 3.57. The fraction of sp³-hybridized carbons (Fsp3) is 1.00. The highest BCUT2D eigenvalue weighted by atomic mass is 16.5. The standard InChI is InChI=1S/C11H25NO2/c1-4-7-8-14-10-11(13)9-12(5-2)6-3/h11,13H,4-10H2,1-3H3. The van der Waals surface area contributed by atoms with Gasteiger partial charge in [0.15, 0.2) is 0 Å². The van der Waals surface area contributed by atoms with E-state index in [1.807, 2.05) is 0 Å². The first-order valence-electron chi connectivity index (χ1n) is 5.72. The van der Waals surface area contributed by atoms with E-state index in [0.29, 0.717) is 6.61 Å². The van der Waals surface area contributed by atoms with Crippen molar-refractivity contribution < 1.29 is 9.84 Å². The molecule has 0 heterocycles. The van der Waals surface area contributed by atoms with Gasteiger partial charge in [-0.3, -0.25) is 0 Å². The van der Waals surface area contributed by atoms with Gasteiger partial charge in [-0.15, -0.1) is 0 Å². The lowest BCUT2D eigenvalue weighted by molar-refractivity contribution is 0.0175. The van der Waals surface area contributed by atoms with Crippen LogP contribution in [0.15, 0.2) is 0 Å². The molecule has 0 aromatic rings. The maximum absolute atomic E-state index is 9.61. The predicted octanol–water partition coefficient (Wildman–Crippen LogP) is 1.51. The topological polar surface area (TPSA) is 32.7 Å². The van der Waals surface area contributed by atoms with Crippen molar-refractivity contribution in [3.05, 3.63) is 0 Å². The number of unbranched alkanes of at least 4 members (excludes halogenated alkanes) is 1. The van der Waals surface area contributed by atoms with E-state index in [9.17, 15) is 5.11 Å². The molecule has 0 aromatic carbocycles. The zero-order chi connectivity index (χ0) is 10.8. The summed E-state index contributed by atoms with van der Waals surface area (Å²) in [5.74, 6) is 0. The molecule has 86 valence electrons. The molecule has 0 bridgehead atoms. The maximum Gasteiger partial charge on any atom is 0.0900 e. The minimum absolute atomic E-state index is 0.341. The summed E-state index contributed by atoms with van der Waals surface area (Å²) in [5.41, 5.74) is 0. The molecule has 0 aliphatic heterocycles. The summed E-state index contributed by atoms with van der Waals surface area (Å²) in [6.45, 7) is 10.3. The van der Waals surface area contributed by atoms with Gasteiger partial charge in [0.2, 0.25) is 0 Å². The molecule has 0 amide bonds. The van der Waals surface area contributed by atoms with Gasteiger partial charge in [-0.05, 0) is 19.5 Å². The van der Waals surface area contributed by atoms with Crippen LogP contribution in [0.2, 0.25) is 0 Å². The summed E-state index contributed by atoms with van der Waals surface area (Å²) in [6.07, 6.45) is 1.89. The quantitative estimate of drug-likeness (QED) is 0.577. The van der Waals surface area contributed by atoms with Crippen LogP contribution < -0.4 is 0 Å². The number of hydrogen-bond donors (Lipinski definition) is 1. The number of rotatable bonds is 9. The van der Waals surface area contributed by atoms with E-state index in [-0.39, 0.29) is 6.10 Å². The van der Waals surface area contributed by atoms with Gasteiger partial charge in [0.25, 0.3) is 0 Å². The van der Waals surface area contributed by atoms with Gasteiger partial charge in [-0.25, -0.2) is 0 Å². The Hall–Kier alpha value is -0.120. The van der Waals surface area contributed by atoms with E-state index < -0.39 is 0 Å². The Morgan fingerprint density at radius 3 is 2.36 bits per heavy atom. The van der Waals surface area contributed by atoms with Crippen LogP contribution in [-0.4, -0.2) is 49.0 Å². The molecule has 0 saturated heterocycles. The van der Waals surface area contributed by atoms with Gasteiger partial charge in [0, 0.05) is 13.2 Å². The van der Waals surface area contributed by atoms with Crippen molar-refractivity contribution in [1.29, 1.82) is 0 Å². The Kier molecular flexibility index (Phi) is 9.35. The average Bonchev–Trinajstić information content (AvgIpc) is 2.21. The monoisotopic (exact) mass is 203 g/mol. The molecule has 14 heavy (non-hydrogen) atoms. The SMILES string of the molecule is CCCCOCC(O)CN(CC)CC. The van der Waals surface area contributed by atoms with Crippen LogP contribution in [0.1, 0.15) is 33.6 Å². The van der Waals surface area contributed by atoms with E-state index in [4.69, 9.17) is 4.74 Å². The van der Waals surface area contributed by atoms with E-state index in [0.717, 1.165) is 39.1 Å². The van der Waals surface area contributed by atoms with E-state index >= 15 is 0 Å². The normalized spacial score (nSPS) is 13.5. The minimum Gasteiger partial charge on any atom is -0.389 e. The highest BCUT2D eigenvalue weighted by molar-refractivity contribution is 4.61. The number of nitrogens with zero attached hydrogens (tertiary/aromatic N) is 1. The van der Waals surface area contributed by atoms with Crippen LogP contribution >= 0.6 is 0 Å². The lowest BCUT2D eigenvalue weighted by Gasteiger charge is -2.21. The van der Waals surface area contributed by atoms with Crippen LogP contribution in [0.3, 0.4) is 0 Å². The van der Waals surface area contributed by atoms with Crippen LogP contribution in [0, 0.1) is 0 Å². The molecule has 0 spiro atoms. The minimum atomic E-state index is -0.341. The third-order valence-corrected chi connectivity index (χ3v) is 2.32.